The van der Waals surface area contributed by atoms with Gasteiger partial charge in [0.2, 0.25) is 23.6 Å². The number of phenols is 1. The topological polar surface area (TPSA) is 95.0 Å². The molecule has 6 unspecified atom stereocenters. The van der Waals surface area contributed by atoms with Gasteiger partial charge in [-0.2, -0.15) is 0 Å². The summed E-state index contributed by atoms with van der Waals surface area (Å²) in [5, 5.41) is 11.1. The van der Waals surface area contributed by atoms with Gasteiger partial charge in [0.15, 0.2) is 0 Å². The van der Waals surface area contributed by atoms with Crippen LogP contribution in [0.2, 0.25) is 5.02 Å². The van der Waals surface area contributed by atoms with Gasteiger partial charge in [0.05, 0.1) is 28.9 Å². The van der Waals surface area contributed by atoms with Crippen LogP contribution in [-0.2, 0) is 24.6 Å². The van der Waals surface area contributed by atoms with Crippen molar-refractivity contribution in [2.45, 2.75) is 38.0 Å². The van der Waals surface area contributed by atoms with Crippen LogP contribution in [0.1, 0.15) is 41.0 Å². The summed E-state index contributed by atoms with van der Waals surface area (Å²) in [5.74, 6) is -3.89. The number of hydrogen-bond acceptors (Lipinski definition) is 5. The van der Waals surface area contributed by atoms with Crippen molar-refractivity contribution in [2.75, 3.05) is 11.9 Å². The minimum Gasteiger partial charge on any atom is -0.507 e. The first-order chi connectivity index (χ1) is 20.6. The molecule has 0 radical (unpaired) electrons. The summed E-state index contributed by atoms with van der Waals surface area (Å²) in [4.78, 5) is 58.9. The molecule has 3 aromatic rings. The van der Waals surface area contributed by atoms with E-state index in [1.807, 2.05) is 62.4 Å². The van der Waals surface area contributed by atoms with Crippen molar-refractivity contribution >= 4 is 40.9 Å². The van der Waals surface area contributed by atoms with Crippen LogP contribution in [0.3, 0.4) is 0 Å². The number of rotatable bonds is 3. The molecule has 8 heteroatoms. The molecule has 0 bridgehead atoms. The highest BCUT2D eigenvalue weighted by atomic mass is 35.5. The molecule has 3 aromatic carbocycles. The van der Waals surface area contributed by atoms with E-state index in [9.17, 15) is 19.5 Å². The van der Waals surface area contributed by atoms with Crippen LogP contribution >= 0.6 is 11.6 Å². The van der Waals surface area contributed by atoms with Gasteiger partial charge in [-0.3, -0.25) is 24.1 Å². The van der Waals surface area contributed by atoms with E-state index in [0.717, 1.165) is 11.1 Å². The lowest BCUT2D eigenvalue weighted by Gasteiger charge is -2.51. The number of aromatic hydroxyl groups is 1. The van der Waals surface area contributed by atoms with Crippen molar-refractivity contribution < 1.29 is 24.3 Å². The second-order valence-corrected chi connectivity index (χ2v) is 12.8. The van der Waals surface area contributed by atoms with Gasteiger partial charge in [-0.15, -0.1) is 0 Å². The number of fused-ring (bicyclic) bond motifs is 4. The predicted molar refractivity (Wildman–Crippen MR) is 161 cm³/mol. The van der Waals surface area contributed by atoms with Crippen molar-refractivity contribution in [3.63, 3.8) is 0 Å². The fourth-order valence-corrected chi connectivity index (χ4v) is 8.62. The zero-order chi connectivity index (χ0) is 30.4. The Labute approximate surface area is 254 Å². The molecule has 2 heterocycles. The molecule has 1 saturated carbocycles. The van der Waals surface area contributed by atoms with Gasteiger partial charge in [-0.25, -0.2) is 4.90 Å². The fraction of sp³-hybridized carbons (Fsp3) is 0.314. The largest absolute Gasteiger partial charge is 0.507 e. The number of amides is 4. The normalized spacial score (nSPS) is 29.9. The van der Waals surface area contributed by atoms with Gasteiger partial charge >= 0.3 is 0 Å². The van der Waals surface area contributed by atoms with Crippen molar-refractivity contribution in [1.82, 2.24) is 4.90 Å². The molecule has 7 nitrogen and oxygen atoms in total. The second kappa shape index (κ2) is 9.64. The number of phenolic OH excluding ortho intramolecular Hbond substituents is 1. The number of allylic oxidation sites excluding steroid dienone is 2. The van der Waals surface area contributed by atoms with E-state index >= 15 is 4.79 Å². The van der Waals surface area contributed by atoms with Gasteiger partial charge in [0, 0.05) is 18.0 Å². The second-order valence-electron chi connectivity index (χ2n) is 12.3. The van der Waals surface area contributed by atoms with Gasteiger partial charge < -0.3 is 5.11 Å². The summed E-state index contributed by atoms with van der Waals surface area (Å²) >= 11 is 6.35. The van der Waals surface area contributed by atoms with Crippen LogP contribution in [-0.4, -0.2) is 40.7 Å². The molecular weight excluding hydrogens is 564 g/mol. The van der Waals surface area contributed by atoms with Gasteiger partial charge in [0.1, 0.15) is 5.75 Å². The molecule has 0 aromatic heterocycles. The van der Waals surface area contributed by atoms with Crippen molar-refractivity contribution in [2.24, 2.45) is 23.7 Å². The summed E-state index contributed by atoms with van der Waals surface area (Å²) < 4.78 is 0. The third-order valence-corrected chi connectivity index (χ3v) is 10.5. The van der Waals surface area contributed by atoms with Crippen LogP contribution in [0.4, 0.5) is 5.69 Å². The number of halogens is 1. The van der Waals surface area contributed by atoms with Gasteiger partial charge in [0.25, 0.3) is 0 Å². The van der Waals surface area contributed by atoms with E-state index in [1.54, 1.807) is 24.3 Å². The Hall–Kier alpha value is -4.23. The summed E-state index contributed by atoms with van der Waals surface area (Å²) in [6.07, 6.45) is 2.68. The summed E-state index contributed by atoms with van der Waals surface area (Å²) in [7, 11) is 1.52. The molecule has 2 aliphatic carbocycles. The minimum atomic E-state index is -1.33. The molecule has 7 rings (SSSR count). The molecule has 218 valence electrons. The summed E-state index contributed by atoms with van der Waals surface area (Å²) in [6, 6.07) is 19.9. The number of imide groups is 2. The maximum atomic E-state index is 15.1. The van der Waals surface area contributed by atoms with E-state index in [2.05, 4.69) is 0 Å². The Kier molecular flexibility index (Phi) is 6.19. The third kappa shape index (κ3) is 3.67. The van der Waals surface area contributed by atoms with Crippen molar-refractivity contribution in [3.8, 4) is 5.75 Å². The maximum Gasteiger partial charge on any atom is 0.246 e. The minimum absolute atomic E-state index is 0.173. The van der Waals surface area contributed by atoms with Gasteiger partial charge in [-0.1, -0.05) is 71.8 Å². The molecular formula is C35H31ClN2O5. The number of anilines is 1. The van der Waals surface area contributed by atoms with Crippen molar-refractivity contribution in [3.05, 3.63) is 106 Å². The highest BCUT2D eigenvalue weighted by molar-refractivity contribution is 6.32. The zero-order valence-corrected chi connectivity index (χ0v) is 24.8. The molecule has 1 N–H and O–H groups in total. The standard InChI is InChI=1S/C35H31ClN2O5/c1-18-14-20(15-19(2)30(18)39)29-24-12-13-25-28(33(42)37(3)31(25)40)26(24)17-27-32(41)38(23-11-7-10-22(36)16-23)34(43)35(27,29)21-8-5-4-6-9-21/h4-12,14-16,25-29,39H,13,17H2,1-3H3. The maximum absolute atomic E-state index is 15.1. The number of carbonyl (C=O) groups is 4. The monoisotopic (exact) mass is 594 g/mol. The smallest absolute Gasteiger partial charge is 0.246 e. The van der Waals surface area contributed by atoms with E-state index in [-0.39, 0.29) is 35.8 Å². The average Bonchev–Trinajstić information content (AvgIpc) is 3.36. The molecule has 2 aliphatic heterocycles. The average molecular weight is 595 g/mol. The molecule has 4 amide bonds. The predicted octanol–water partition coefficient (Wildman–Crippen LogP) is 5.45. The molecule has 2 saturated heterocycles. The Morgan fingerprint density at radius 1 is 0.860 bits per heavy atom. The lowest BCUT2D eigenvalue weighted by Crippen LogP contribution is -2.53. The van der Waals surface area contributed by atoms with E-state index in [0.29, 0.717) is 33.8 Å². The quantitative estimate of drug-likeness (QED) is 0.321. The Bertz CT molecular complexity index is 1740. The first-order valence-electron chi connectivity index (χ1n) is 14.6. The SMILES string of the molecule is Cc1cc(C2C3=CCC4C(=O)N(C)C(=O)C4C3CC3C(=O)N(c4cccc(Cl)c4)C(=O)C32c2ccccc2)cc(C)c1O. The number of hydrogen-bond donors (Lipinski definition) is 1. The summed E-state index contributed by atoms with van der Waals surface area (Å²) in [6.45, 7) is 3.64. The van der Waals surface area contributed by atoms with Crippen LogP contribution in [0.15, 0.2) is 78.4 Å². The number of likely N-dealkylation sites (tertiary alicyclic amines) is 1. The highest BCUT2D eigenvalue weighted by Crippen LogP contribution is 2.64. The van der Waals surface area contributed by atoms with Crippen LogP contribution < -0.4 is 4.90 Å². The van der Waals surface area contributed by atoms with Crippen LogP contribution in [0.5, 0.6) is 5.75 Å². The molecule has 43 heavy (non-hydrogen) atoms. The molecule has 6 atom stereocenters. The number of benzene rings is 3. The Morgan fingerprint density at radius 3 is 2.23 bits per heavy atom. The lowest BCUT2D eigenvalue weighted by molar-refractivity contribution is -0.138. The third-order valence-electron chi connectivity index (χ3n) is 10.2. The first kappa shape index (κ1) is 27.6. The zero-order valence-electron chi connectivity index (χ0n) is 24.1. The van der Waals surface area contributed by atoms with Crippen molar-refractivity contribution in [1.29, 1.82) is 0 Å². The molecule has 3 fully saturated rings. The first-order valence-corrected chi connectivity index (χ1v) is 15.0. The Balaban J connectivity index is 1.54. The van der Waals surface area contributed by atoms with E-state index < -0.39 is 35.0 Å². The number of aryl methyl sites for hydroxylation is 2. The number of carbonyl (C=O) groups excluding carboxylic acids is 4. The van der Waals surface area contributed by atoms with Gasteiger partial charge in [-0.05, 0) is 73.1 Å². The van der Waals surface area contributed by atoms with E-state index in [1.165, 1.54) is 16.8 Å². The number of nitrogens with zero attached hydrogens (tertiary/aromatic N) is 2. The highest BCUT2D eigenvalue weighted by Gasteiger charge is 2.70. The summed E-state index contributed by atoms with van der Waals surface area (Å²) in [5.41, 5.74) is 2.77. The fourth-order valence-electron chi connectivity index (χ4n) is 8.43. The Morgan fingerprint density at radius 2 is 1.56 bits per heavy atom. The molecule has 0 spiro atoms. The van der Waals surface area contributed by atoms with Crippen LogP contribution in [0.25, 0.3) is 0 Å². The van der Waals surface area contributed by atoms with Crippen LogP contribution in [0, 0.1) is 37.5 Å². The lowest BCUT2D eigenvalue weighted by atomic mass is 9.49. The molecule has 4 aliphatic rings. The van der Waals surface area contributed by atoms with E-state index in [4.69, 9.17) is 11.6 Å².